The number of rotatable bonds is 5. The fourth-order valence-electron chi connectivity index (χ4n) is 2.73. The third-order valence-corrected chi connectivity index (χ3v) is 4.09. The van der Waals surface area contributed by atoms with E-state index in [9.17, 15) is 9.59 Å². The normalized spacial score (nSPS) is 16.9. The van der Waals surface area contributed by atoms with Crippen molar-refractivity contribution in [3.63, 3.8) is 0 Å². The molecular weight excluding hydrogens is 254 g/mol. The van der Waals surface area contributed by atoms with Gasteiger partial charge in [0.1, 0.15) is 0 Å². The van der Waals surface area contributed by atoms with E-state index in [2.05, 4.69) is 12.2 Å². The average Bonchev–Trinajstić information content (AvgIpc) is 2.85. The summed E-state index contributed by atoms with van der Waals surface area (Å²) in [7, 11) is 0. The molecule has 2 N–H and O–H groups in total. The molecule has 1 amide bonds. The molecule has 0 unspecified atom stereocenters. The first-order chi connectivity index (χ1) is 9.48. The van der Waals surface area contributed by atoms with Crippen molar-refractivity contribution in [1.29, 1.82) is 0 Å². The molecule has 0 aliphatic heterocycles. The third-order valence-electron chi connectivity index (χ3n) is 4.09. The van der Waals surface area contributed by atoms with Gasteiger partial charge >= 0.3 is 5.97 Å². The minimum atomic E-state index is -0.949. The van der Waals surface area contributed by atoms with E-state index < -0.39 is 5.97 Å². The summed E-state index contributed by atoms with van der Waals surface area (Å²) >= 11 is 0. The number of carboxylic acid groups (broad SMARTS) is 1. The summed E-state index contributed by atoms with van der Waals surface area (Å²) in [6, 6.07) is 6.45. The zero-order valence-corrected chi connectivity index (χ0v) is 11.8. The van der Waals surface area contributed by atoms with Gasteiger partial charge in [-0.2, -0.15) is 0 Å². The number of carbonyl (C=O) groups excluding carboxylic acids is 1. The van der Waals surface area contributed by atoms with E-state index in [-0.39, 0.29) is 16.9 Å². The van der Waals surface area contributed by atoms with Crippen molar-refractivity contribution in [3.05, 3.63) is 35.4 Å². The average molecular weight is 275 g/mol. The van der Waals surface area contributed by atoms with Gasteiger partial charge in [-0.15, -0.1) is 0 Å². The lowest BCUT2D eigenvalue weighted by Gasteiger charge is -2.23. The van der Waals surface area contributed by atoms with Gasteiger partial charge in [-0.1, -0.05) is 31.9 Å². The summed E-state index contributed by atoms with van der Waals surface area (Å²) in [5.41, 5.74) is 1.33. The Morgan fingerprint density at radius 2 is 1.80 bits per heavy atom. The Balaban J connectivity index is 1.83. The van der Waals surface area contributed by atoms with Crippen molar-refractivity contribution in [2.24, 2.45) is 5.41 Å². The Labute approximate surface area is 119 Å². The number of carbonyl (C=O) groups is 2. The summed E-state index contributed by atoms with van der Waals surface area (Å²) in [6.07, 6.45) is 5.17. The number of aromatic carboxylic acids is 1. The molecule has 0 radical (unpaired) electrons. The molecule has 1 aromatic rings. The van der Waals surface area contributed by atoms with E-state index >= 15 is 0 Å². The van der Waals surface area contributed by atoms with Gasteiger partial charge in [0.2, 0.25) is 5.91 Å². The lowest BCUT2D eigenvalue weighted by molar-refractivity contribution is -0.120. The maximum absolute atomic E-state index is 11.9. The maximum Gasteiger partial charge on any atom is 0.335 e. The molecule has 1 aliphatic rings. The van der Waals surface area contributed by atoms with Crippen LogP contribution in [0.5, 0.6) is 0 Å². The highest BCUT2D eigenvalue weighted by Crippen LogP contribution is 2.36. The zero-order chi connectivity index (χ0) is 14.6. The lowest BCUT2D eigenvalue weighted by Crippen LogP contribution is -2.34. The molecule has 1 fully saturated rings. The Hall–Kier alpha value is -1.84. The van der Waals surface area contributed by atoms with Gasteiger partial charge in [-0.3, -0.25) is 4.79 Å². The van der Waals surface area contributed by atoms with Gasteiger partial charge in [0.15, 0.2) is 0 Å². The van der Waals surface area contributed by atoms with Crippen molar-refractivity contribution in [3.8, 4) is 0 Å². The number of amides is 1. The SMILES string of the molecule is CC1(CNC(=O)Cc2ccc(C(=O)O)cc2)CCCC1. The highest BCUT2D eigenvalue weighted by molar-refractivity contribution is 5.87. The van der Waals surface area contributed by atoms with Crippen molar-refractivity contribution < 1.29 is 14.7 Å². The molecule has 2 rings (SSSR count). The summed E-state index contributed by atoms with van der Waals surface area (Å²) in [5, 5.41) is 11.8. The second-order valence-corrected chi connectivity index (χ2v) is 5.97. The fourth-order valence-corrected chi connectivity index (χ4v) is 2.73. The molecule has 0 aromatic heterocycles. The Bertz CT molecular complexity index is 487. The van der Waals surface area contributed by atoms with Crippen LogP contribution in [0.1, 0.15) is 48.5 Å². The van der Waals surface area contributed by atoms with Crippen LogP contribution in [0, 0.1) is 5.41 Å². The van der Waals surface area contributed by atoms with Gasteiger partial charge in [0.05, 0.1) is 12.0 Å². The van der Waals surface area contributed by atoms with Gasteiger partial charge in [-0.05, 0) is 36.0 Å². The fraction of sp³-hybridized carbons (Fsp3) is 0.500. The lowest BCUT2D eigenvalue weighted by atomic mass is 9.89. The molecule has 4 nitrogen and oxygen atoms in total. The molecule has 1 aromatic carbocycles. The minimum Gasteiger partial charge on any atom is -0.478 e. The number of benzene rings is 1. The van der Waals surface area contributed by atoms with Crippen molar-refractivity contribution in [1.82, 2.24) is 5.32 Å². The van der Waals surface area contributed by atoms with Crippen LogP contribution < -0.4 is 5.32 Å². The summed E-state index contributed by atoms with van der Waals surface area (Å²) in [4.78, 5) is 22.6. The van der Waals surface area contributed by atoms with Gasteiger partial charge in [-0.25, -0.2) is 4.79 Å². The topological polar surface area (TPSA) is 66.4 Å². The molecule has 20 heavy (non-hydrogen) atoms. The van der Waals surface area contributed by atoms with Gasteiger partial charge in [0.25, 0.3) is 0 Å². The molecule has 108 valence electrons. The molecule has 1 aliphatic carbocycles. The molecule has 0 atom stereocenters. The van der Waals surface area contributed by atoms with Crippen LogP contribution >= 0.6 is 0 Å². The zero-order valence-electron chi connectivity index (χ0n) is 11.8. The van der Waals surface area contributed by atoms with Crippen molar-refractivity contribution in [2.45, 2.75) is 39.0 Å². The standard InChI is InChI=1S/C16H21NO3/c1-16(8-2-3-9-16)11-17-14(18)10-12-4-6-13(7-5-12)15(19)20/h4-7H,2-3,8-11H2,1H3,(H,17,18)(H,19,20). The van der Waals surface area contributed by atoms with Crippen molar-refractivity contribution >= 4 is 11.9 Å². The Morgan fingerprint density at radius 1 is 1.20 bits per heavy atom. The van der Waals surface area contributed by atoms with Gasteiger partial charge < -0.3 is 10.4 Å². The van der Waals surface area contributed by atoms with Crippen LogP contribution in [-0.4, -0.2) is 23.5 Å². The number of hydrogen-bond donors (Lipinski definition) is 2. The first-order valence-corrected chi connectivity index (χ1v) is 7.07. The van der Waals surface area contributed by atoms with E-state index in [1.54, 1.807) is 12.1 Å². The Morgan fingerprint density at radius 3 is 2.35 bits per heavy atom. The van der Waals surface area contributed by atoms with E-state index in [1.807, 2.05) is 0 Å². The summed E-state index contributed by atoms with van der Waals surface area (Å²) in [5.74, 6) is -0.948. The van der Waals surface area contributed by atoms with Crippen LogP contribution in [-0.2, 0) is 11.2 Å². The quantitative estimate of drug-likeness (QED) is 0.868. The van der Waals surface area contributed by atoms with Crippen LogP contribution in [0.3, 0.4) is 0 Å². The summed E-state index contributed by atoms with van der Waals surface area (Å²) < 4.78 is 0. The van der Waals surface area contributed by atoms with Crippen LogP contribution in [0.25, 0.3) is 0 Å². The van der Waals surface area contributed by atoms with Crippen LogP contribution in [0.15, 0.2) is 24.3 Å². The molecule has 0 saturated heterocycles. The maximum atomic E-state index is 11.9. The first-order valence-electron chi connectivity index (χ1n) is 7.07. The van der Waals surface area contributed by atoms with Crippen molar-refractivity contribution in [2.75, 3.05) is 6.54 Å². The first kappa shape index (κ1) is 14.6. The second-order valence-electron chi connectivity index (χ2n) is 5.97. The largest absolute Gasteiger partial charge is 0.478 e. The third kappa shape index (κ3) is 3.83. The molecule has 0 heterocycles. The molecule has 0 bridgehead atoms. The number of hydrogen-bond acceptors (Lipinski definition) is 2. The van der Waals surface area contributed by atoms with Crippen LogP contribution in [0.2, 0.25) is 0 Å². The molecular formula is C16H21NO3. The van der Waals surface area contributed by atoms with E-state index in [4.69, 9.17) is 5.11 Å². The Kier molecular flexibility index (Phi) is 4.42. The van der Waals surface area contributed by atoms with Crippen LogP contribution in [0.4, 0.5) is 0 Å². The predicted octanol–water partition coefficient (Wildman–Crippen LogP) is 2.62. The molecule has 1 saturated carbocycles. The summed E-state index contributed by atoms with van der Waals surface area (Å²) in [6.45, 7) is 2.96. The molecule has 0 spiro atoms. The van der Waals surface area contributed by atoms with E-state index in [0.29, 0.717) is 6.42 Å². The highest BCUT2D eigenvalue weighted by Gasteiger charge is 2.28. The monoisotopic (exact) mass is 275 g/mol. The number of carboxylic acids is 1. The molecule has 4 heteroatoms. The van der Waals surface area contributed by atoms with Gasteiger partial charge in [0, 0.05) is 6.54 Å². The van der Waals surface area contributed by atoms with E-state index in [0.717, 1.165) is 12.1 Å². The predicted molar refractivity (Wildman–Crippen MR) is 76.7 cm³/mol. The smallest absolute Gasteiger partial charge is 0.335 e. The second kappa shape index (κ2) is 6.07. The number of nitrogens with one attached hydrogen (secondary N) is 1. The highest BCUT2D eigenvalue weighted by atomic mass is 16.4. The van der Waals surface area contributed by atoms with E-state index in [1.165, 1.54) is 37.8 Å². The minimum absolute atomic E-state index is 0.00111.